The molecule has 0 unspecified atom stereocenters. The standard InChI is InChI=1S/C12H20IN3O/c1-8(2)6-14-11(17)9-7-15-16(10(9)13)12(3,4)5/h7-8H,6H2,1-5H3,(H,14,17). The Morgan fingerprint density at radius 2 is 2.12 bits per heavy atom. The van der Waals surface area contributed by atoms with Crippen LogP contribution in [-0.2, 0) is 5.54 Å². The third-order valence-corrected chi connectivity index (χ3v) is 3.30. The van der Waals surface area contributed by atoms with Gasteiger partial charge >= 0.3 is 0 Å². The first-order chi connectivity index (χ1) is 7.73. The number of nitrogens with zero attached hydrogens (tertiary/aromatic N) is 2. The topological polar surface area (TPSA) is 46.9 Å². The van der Waals surface area contributed by atoms with Crippen LogP contribution < -0.4 is 5.32 Å². The minimum Gasteiger partial charge on any atom is -0.352 e. The number of hydrogen-bond donors (Lipinski definition) is 1. The summed E-state index contributed by atoms with van der Waals surface area (Å²) in [6.45, 7) is 11.0. The zero-order chi connectivity index (χ0) is 13.2. The number of rotatable bonds is 3. The minimum absolute atomic E-state index is 0.0430. The average molecular weight is 349 g/mol. The quantitative estimate of drug-likeness (QED) is 0.853. The molecule has 0 bridgehead atoms. The smallest absolute Gasteiger partial charge is 0.255 e. The highest BCUT2D eigenvalue weighted by molar-refractivity contribution is 14.1. The van der Waals surface area contributed by atoms with Crippen LogP contribution in [0.1, 0.15) is 45.0 Å². The molecule has 0 aliphatic heterocycles. The van der Waals surface area contributed by atoms with E-state index >= 15 is 0 Å². The Hall–Kier alpha value is -0.590. The fourth-order valence-corrected chi connectivity index (χ4v) is 2.58. The van der Waals surface area contributed by atoms with E-state index in [-0.39, 0.29) is 11.4 Å². The molecule has 5 heteroatoms. The molecule has 1 rings (SSSR count). The fraction of sp³-hybridized carbons (Fsp3) is 0.667. The molecule has 0 aliphatic rings. The van der Waals surface area contributed by atoms with E-state index in [1.165, 1.54) is 0 Å². The maximum absolute atomic E-state index is 11.9. The predicted octanol–water partition coefficient (Wildman–Crippen LogP) is 2.63. The van der Waals surface area contributed by atoms with Crippen LogP contribution in [0.4, 0.5) is 0 Å². The van der Waals surface area contributed by atoms with Crippen LogP contribution in [0, 0.1) is 9.62 Å². The van der Waals surface area contributed by atoms with Crippen molar-refractivity contribution in [1.82, 2.24) is 15.1 Å². The molecule has 0 aromatic carbocycles. The fourth-order valence-electron chi connectivity index (χ4n) is 1.35. The van der Waals surface area contributed by atoms with Gasteiger partial charge in [-0.15, -0.1) is 0 Å². The van der Waals surface area contributed by atoms with Crippen LogP contribution in [0.2, 0.25) is 0 Å². The Balaban J connectivity index is 2.86. The van der Waals surface area contributed by atoms with Crippen molar-refractivity contribution in [2.24, 2.45) is 5.92 Å². The van der Waals surface area contributed by atoms with E-state index in [2.05, 4.69) is 67.6 Å². The van der Waals surface area contributed by atoms with Gasteiger partial charge in [0, 0.05) is 6.54 Å². The monoisotopic (exact) mass is 349 g/mol. The molecule has 1 aromatic heterocycles. The van der Waals surface area contributed by atoms with Crippen LogP contribution in [-0.4, -0.2) is 22.2 Å². The molecule has 0 atom stereocenters. The summed E-state index contributed by atoms with van der Waals surface area (Å²) in [5.74, 6) is 0.410. The van der Waals surface area contributed by atoms with Crippen LogP contribution in [0.15, 0.2) is 6.20 Å². The molecule has 1 N–H and O–H groups in total. The molecular formula is C12H20IN3O. The van der Waals surface area contributed by atoms with Crippen molar-refractivity contribution in [2.45, 2.75) is 40.2 Å². The lowest BCUT2D eigenvalue weighted by Gasteiger charge is -2.20. The molecule has 1 aromatic rings. The van der Waals surface area contributed by atoms with Gasteiger partial charge in [0.05, 0.1) is 17.3 Å². The average Bonchev–Trinajstić information content (AvgIpc) is 2.55. The second-order valence-corrected chi connectivity index (χ2v) is 6.56. The molecule has 4 nitrogen and oxygen atoms in total. The maximum Gasteiger partial charge on any atom is 0.255 e. The number of carbonyl (C=O) groups is 1. The van der Waals surface area contributed by atoms with Crippen molar-refractivity contribution in [3.63, 3.8) is 0 Å². The summed E-state index contributed by atoms with van der Waals surface area (Å²) < 4.78 is 2.76. The van der Waals surface area contributed by atoms with Gasteiger partial charge < -0.3 is 5.32 Å². The summed E-state index contributed by atoms with van der Waals surface area (Å²) in [4.78, 5) is 11.9. The molecular weight excluding hydrogens is 329 g/mol. The molecule has 0 spiro atoms. The van der Waals surface area contributed by atoms with E-state index in [0.29, 0.717) is 18.0 Å². The summed E-state index contributed by atoms with van der Waals surface area (Å²) in [7, 11) is 0. The van der Waals surface area contributed by atoms with Crippen LogP contribution in [0.25, 0.3) is 0 Å². The van der Waals surface area contributed by atoms with Crippen LogP contribution in [0.5, 0.6) is 0 Å². The largest absolute Gasteiger partial charge is 0.352 e. The van der Waals surface area contributed by atoms with Gasteiger partial charge in [-0.3, -0.25) is 9.48 Å². The van der Waals surface area contributed by atoms with Gasteiger partial charge in [-0.25, -0.2) is 0 Å². The summed E-state index contributed by atoms with van der Waals surface area (Å²) in [5.41, 5.74) is 0.550. The highest BCUT2D eigenvalue weighted by Crippen LogP contribution is 2.20. The number of nitrogens with one attached hydrogen (secondary N) is 1. The van der Waals surface area contributed by atoms with Gasteiger partial charge in [0.1, 0.15) is 3.70 Å². The lowest BCUT2D eigenvalue weighted by atomic mass is 10.1. The second kappa shape index (κ2) is 5.37. The van der Waals surface area contributed by atoms with Gasteiger partial charge in [-0.1, -0.05) is 13.8 Å². The molecule has 0 saturated carbocycles. The number of amides is 1. The molecule has 0 aliphatic carbocycles. The third kappa shape index (κ3) is 3.69. The van der Waals surface area contributed by atoms with Crippen molar-refractivity contribution in [3.8, 4) is 0 Å². The summed E-state index contributed by atoms with van der Waals surface area (Å²) in [6, 6.07) is 0. The molecule has 1 heterocycles. The zero-order valence-corrected chi connectivity index (χ0v) is 13.2. The highest BCUT2D eigenvalue weighted by Gasteiger charge is 2.22. The lowest BCUT2D eigenvalue weighted by molar-refractivity contribution is 0.0948. The molecule has 96 valence electrons. The second-order valence-electron chi connectivity index (χ2n) is 5.54. The Bertz CT molecular complexity index is 404. The van der Waals surface area contributed by atoms with Crippen molar-refractivity contribution < 1.29 is 4.79 Å². The first-order valence-corrected chi connectivity index (χ1v) is 6.83. The predicted molar refractivity (Wildman–Crippen MR) is 77.1 cm³/mol. The Morgan fingerprint density at radius 1 is 1.53 bits per heavy atom. The van der Waals surface area contributed by atoms with Gasteiger partial charge in [-0.05, 0) is 49.3 Å². The Labute approximate surface area is 116 Å². The van der Waals surface area contributed by atoms with Gasteiger partial charge in [0.2, 0.25) is 0 Å². The molecule has 0 saturated heterocycles. The highest BCUT2D eigenvalue weighted by atomic mass is 127. The SMILES string of the molecule is CC(C)CNC(=O)c1cnn(C(C)(C)C)c1I. The number of halogens is 1. The third-order valence-electron chi connectivity index (χ3n) is 2.26. The first kappa shape index (κ1) is 14.5. The van der Waals surface area contributed by atoms with Crippen LogP contribution in [0.3, 0.4) is 0 Å². The summed E-state index contributed by atoms with van der Waals surface area (Å²) in [6.07, 6.45) is 1.64. The molecule has 0 fully saturated rings. The Morgan fingerprint density at radius 3 is 2.53 bits per heavy atom. The van der Waals surface area contributed by atoms with E-state index in [1.54, 1.807) is 6.20 Å². The van der Waals surface area contributed by atoms with Crippen molar-refractivity contribution in [3.05, 3.63) is 15.5 Å². The van der Waals surface area contributed by atoms with E-state index in [4.69, 9.17) is 0 Å². The summed E-state index contributed by atoms with van der Waals surface area (Å²) >= 11 is 2.17. The normalized spacial score (nSPS) is 11.9. The zero-order valence-electron chi connectivity index (χ0n) is 11.0. The Kier molecular flexibility index (Phi) is 4.57. The maximum atomic E-state index is 11.9. The van der Waals surface area contributed by atoms with Gasteiger partial charge in [0.25, 0.3) is 5.91 Å². The number of carbonyl (C=O) groups excluding carboxylic acids is 1. The van der Waals surface area contributed by atoms with Crippen LogP contribution >= 0.6 is 22.6 Å². The first-order valence-electron chi connectivity index (χ1n) is 5.75. The molecule has 0 radical (unpaired) electrons. The minimum atomic E-state index is -0.104. The molecule has 1 amide bonds. The van der Waals surface area contributed by atoms with E-state index in [0.717, 1.165) is 3.70 Å². The summed E-state index contributed by atoms with van der Waals surface area (Å²) in [5, 5.41) is 7.19. The van der Waals surface area contributed by atoms with E-state index in [9.17, 15) is 4.79 Å². The van der Waals surface area contributed by atoms with E-state index in [1.807, 2.05) is 4.68 Å². The lowest BCUT2D eigenvalue weighted by Crippen LogP contribution is -2.29. The van der Waals surface area contributed by atoms with Crippen molar-refractivity contribution in [2.75, 3.05) is 6.54 Å². The number of hydrogen-bond acceptors (Lipinski definition) is 2. The van der Waals surface area contributed by atoms with E-state index < -0.39 is 0 Å². The number of aromatic nitrogens is 2. The van der Waals surface area contributed by atoms with Gasteiger partial charge in [-0.2, -0.15) is 5.10 Å². The molecule has 17 heavy (non-hydrogen) atoms. The van der Waals surface area contributed by atoms with Crippen molar-refractivity contribution >= 4 is 28.5 Å². The van der Waals surface area contributed by atoms with Crippen molar-refractivity contribution in [1.29, 1.82) is 0 Å². The van der Waals surface area contributed by atoms with Gasteiger partial charge in [0.15, 0.2) is 0 Å².